The lowest BCUT2D eigenvalue weighted by molar-refractivity contribution is 0.102. The number of aromatic nitrogens is 2. The Hall–Kier alpha value is -2.19. The average molecular weight is 352 g/mol. The zero-order valence-corrected chi connectivity index (χ0v) is 12.8. The molecule has 0 aliphatic rings. The maximum absolute atomic E-state index is 12.2. The van der Waals surface area contributed by atoms with Gasteiger partial charge in [-0.05, 0) is 35.0 Å². The molecule has 1 amide bonds. The average Bonchev–Trinajstić information content (AvgIpc) is 2.49. The number of hydrazine groups is 1. The number of halogens is 1. The largest absolute Gasteiger partial charge is 0.478 e. The number of nitrogens with zero attached hydrogens (tertiary/aromatic N) is 2. The lowest BCUT2D eigenvalue weighted by Crippen LogP contribution is -2.18. The van der Waals surface area contributed by atoms with Crippen LogP contribution in [0.15, 0.2) is 35.1 Å². The summed E-state index contributed by atoms with van der Waals surface area (Å²) in [7, 11) is 0. The molecule has 0 aliphatic heterocycles. The van der Waals surface area contributed by atoms with E-state index in [2.05, 4.69) is 36.6 Å². The number of ether oxygens (including phenoxy) is 1. The normalized spacial score (nSPS) is 10.0. The highest BCUT2D eigenvalue weighted by molar-refractivity contribution is 9.10. The van der Waals surface area contributed by atoms with Gasteiger partial charge < -0.3 is 15.5 Å². The first-order valence-corrected chi connectivity index (χ1v) is 6.95. The summed E-state index contributed by atoms with van der Waals surface area (Å²) in [5.74, 6) is 5.79. The third kappa shape index (κ3) is 3.89. The predicted octanol–water partition coefficient (Wildman–Crippen LogP) is 2.18. The van der Waals surface area contributed by atoms with E-state index in [1.807, 2.05) is 6.92 Å². The Bertz CT molecular complexity index is 633. The lowest BCUT2D eigenvalue weighted by Gasteiger charge is -2.09. The van der Waals surface area contributed by atoms with Crippen LogP contribution in [0.5, 0.6) is 5.88 Å². The van der Waals surface area contributed by atoms with Crippen molar-refractivity contribution >= 4 is 33.3 Å². The molecule has 4 N–H and O–H groups in total. The van der Waals surface area contributed by atoms with E-state index < -0.39 is 0 Å². The number of pyridine rings is 2. The Kier molecular flexibility index (Phi) is 5.07. The third-order valence-corrected chi connectivity index (χ3v) is 2.96. The van der Waals surface area contributed by atoms with Crippen LogP contribution in [0.2, 0.25) is 0 Å². The molecule has 0 radical (unpaired) electrons. The van der Waals surface area contributed by atoms with Gasteiger partial charge >= 0.3 is 0 Å². The number of nitrogens with one attached hydrogen (secondary N) is 2. The Labute approximate surface area is 130 Å². The highest BCUT2D eigenvalue weighted by Crippen LogP contribution is 2.19. The molecule has 2 aromatic rings. The van der Waals surface area contributed by atoms with Gasteiger partial charge in [-0.3, -0.25) is 4.79 Å². The lowest BCUT2D eigenvalue weighted by atomic mass is 10.2. The molecule has 2 aromatic heterocycles. The van der Waals surface area contributed by atoms with Gasteiger partial charge in [-0.2, -0.15) is 0 Å². The molecular weight excluding hydrogens is 338 g/mol. The maximum Gasteiger partial charge on any atom is 0.259 e. The number of anilines is 2. The van der Waals surface area contributed by atoms with Crippen molar-refractivity contribution in [2.45, 2.75) is 6.92 Å². The molecule has 0 aliphatic carbocycles. The summed E-state index contributed by atoms with van der Waals surface area (Å²) in [6, 6.07) is 5.01. The summed E-state index contributed by atoms with van der Waals surface area (Å²) in [6.07, 6.45) is 3.06. The van der Waals surface area contributed by atoms with Gasteiger partial charge in [0.05, 0.1) is 24.1 Å². The van der Waals surface area contributed by atoms with Gasteiger partial charge in [0, 0.05) is 16.7 Å². The SMILES string of the molecule is CCOc1ccc(NC(=O)c2cc(Br)cnc2NN)cn1. The minimum atomic E-state index is -0.345. The first-order chi connectivity index (χ1) is 10.1. The van der Waals surface area contributed by atoms with E-state index in [-0.39, 0.29) is 11.7 Å². The summed E-state index contributed by atoms with van der Waals surface area (Å²) in [6.45, 7) is 2.41. The summed E-state index contributed by atoms with van der Waals surface area (Å²) in [5, 5.41) is 2.72. The fraction of sp³-hybridized carbons (Fsp3) is 0.154. The van der Waals surface area contributed by atoms with Crippen molar-refractivity contribution in [3.63, 3.8) is 0 Å². The number of carbonyl (C=O) groups excluding carboxylic acids is 1. The van der Waals surface area contributed by atoms with Crippen LogP contribution in [0.1, 0.15) is 17.3 Å². The Balaban J connectivity index is 2.15. The minimum absolute atomic E-state index is 0.287. The second kappa shape index (κ2) is 7.00. The molecule has 2 heterocycles. The highest BCUT2D eigenvalue weighted by Gasteiger charge is 2.13. The number of carbonyl (C=O) groups is 1. The van der Waals surface area contributed by atoms with E-state index in [0.29, 0.717) is 28.2 Å². The van der Waals surface area contributed by atoms with Gasteiger partial charge in [0.15, 0.2) is 5.82 Å². The van der Waals surface area contributed by atoms with Crippen molar-refractivity contribution in [3.05, 3.63) is 40.6 Å². The number of rotatable bonds is 5. The Morgan fingerprint density at radius 2 is 2.19 bits per heavy atom. The van der Waals surface area contributed by atoms with Gasteiger partial charge in [-0.15, -0.1) is 0 Å². The summed E-state index contributed by atoms with van der Waals surface area (Å²) >= 11 is 3.27. The van der Waals surface area contributed by atoms with Crippen LogP contribution in [0.3, 0.4) is 0 Å². The molecule has 0 fully saturated rings. The summed E-state index contributed by atoms with van der Waals surface area (Å²) in [5.41, 5.74) is 3.25. The number of hydrogen-bond donors (Lipinski definition) is 3. The van der Waals surface area contributed by atoms with E-state index in [0.717, 1.165) is 0 Å². The standard InChI is InChI=1S/C13H14BrN5O2/c1-2-21-11-4-3-9(7-16-11)18-13(20)10-5-8(14)6-17-12(10)19-15/h3-7H,2,15H2,1H3,(H,17,19)(H,18,20). The van der Waals surface area contributed by atoms with Crippen molar-refractivity contribution in [1.82, 2.24) is 9.97 Å². The van der Waals surface area contributed by atoms with Crippen molar-refractivity contribution < 1.29 is 9.53 Å². The van der Waals surface area contributed by atoms with E-state index in [1.54, 1.807) is 24.4 Å². The van der Waals surface area contributed by atoms with Crippen molar-refractivity contribution in [2.24, 2.45) is 5.84 Å². The topological polar surface area (TPSA) is 102 Å². The fourth-order valence-electron chi connectivity index (χ4n) is 1.61. The van der Waals surface area contributed by atoms with Crippen LogP contribution in [0, 0.1) is 0 Å². The molecule has 8 heteroatoms. The number of hydrogen-bond acceptors (Lipinski definition) is 6. The molecule has 7 nitrogen and oxygen atoms in total. The molecule has 0 bridgehead atoms. The molecule has 2 rings (SSSR count). The van der Waals surface area contributed by atoms with E-state index in [4.69, 9.17) is 10.6 Å². The monoisotopic (exact) mass is 351 g/mol. The van der Waals surface area contributed by atoms with Gasteiger partial charge in [-0.25, -0.2) is 15.8 Å². The molecule has 0 aromatic carbocycles. The highest BCUT2D eigenvalue weighted by atomic mass is 79.9. The first kappa shape index (κ1) is 15.2. The molecular formula is C13H14BrN5O2. The zero-order valence-electron chi connectivity index (χ0n) is 11.3. The van der Waals surface area contributed by atoms with Crippen LogP contribution in [0.25, 0.3) is 0 Å². The van der Waals surface area contributed by atoms with E-state index in [9.17, 15) is 4.79 Å². The molecule has 21 heavy (non-hydrogen) atoms. The smallest absolute Gasteiger partial charge is 0.259 e. The Morgan fingerprint density at radius 1 is 1.38 bits per heavy atom. The minimum Gasteiger partial charge on any atom is -0.478 e. The van der Waals surface area contributed by atoms with Crippen LogP contribution >= 0.6 is 15.9 Å². The second-order valence-corrected chi connectivity index (χ2v) is 4.88. The molecule has 0 unspecified atom stereocenters. The molecule has 110 valence electrons. The quantitative estimate of drug-likeness (QED) is 0.563. The second-order valence-electron chi connectivity index (χ2n) is 3.97. The number of nitrogen functional groups attached to an aromatic ring is 1. The van der Waals surface area contributed by atoms with Crippen molar-refractivity contribution in [3.8, 4) is 5.88 Å². The molecule has 0 atom stereocenters. The van der Waals surface area contributed by atoms with Gasteiger partial charge in [0.25, 0.3) is 5.91 Å². The predicted molar refractivity (Wildman–Crippen MR) is 83.1 cm³/mol. The number of nitrogens with two attached hydrogens (primary N) is 1. The molecule has 0 spiro atoms. The first-order valence-electron chi connectivity index (χ1n) is 6.16. The Morgan fingerprint density at radius 3 is 2.81 bits per heavy atom. The molecule has 0 saturated carbocycles. The maximum atomic E-state index is 12.2. The molecule has 0 saturated heterocycles. The van der Waals surface area contributed by atoms with Gasteiger partial charge in [-0.1, -0.05) is 0 Å². The summed E-state index contributed by atoms with van der Waals surface area (Å²) < 4.78 is 5.91. The summed E-state index contributed by atoms with van der Waals surface area (Å²) in [4.78, 5) is 20.3. The zero-order chi connectivity index (χ0) is 15.2. The van der Waals surface area contributed by atoms with Crippen LogP contribution in [-0.4, -0.2) is 22.5 Å². The van der Waals surface area contributed by atoms with Crippen molar-refractivity contribution in [1.29, 1.82) is 0 Å². The fourth-order valence-corrected chi connectivity index (χ4v) is 1.94. The van der Waals surface area contributed by atoms with Gasteiger partial charge in [0.2, 0.25) is 5.88 Å². The number of amides is 1. The van der Waals surface area contributed by atoms with Crippen LogP contribution in [-0.2, 0) is 0 Å². The third-order valence-electron chi connectivity index (χ3n) is 2.52. The van der Waals surface area contributed by atoms with Crippen LogP contribution in [0.4, 0.5) is 11.5 Å². The van der Waals surface area contributed by atoms with E-state index in [1.165, 1.54) is 6.20 Å². The van der Waals surface area contributed by atoms with Crippen LogP contribution < -0.4 is 21.3 Å². The van der Waals surface area contributed by atoms with Crippen molar-refractivity contribution in [2.75, 3.05) is 17.3 Å². The van der Waals surface area contributed by atoms with E-state index >= 15 is 0 Å². The van der Waals surface area contributed by atoms with Gasteiger partial charge in [0.1, 0.15) is 0 Å².